The lowest BCUT2D eigenvalue weighted by atomic mass is 10.2. The molecular weight excluding hydrogens is 236 g/mol. The van der Waals surface area contributed by atoms with Crippen LogP contribution in [0.3, 0.4) is 0 Å². The molecule has 0 heterocycles. The van der Waals surface area contributed by atoms with Crippen molar-refractivity contribution in [1.29, 1.82) is 0 Å². The lowest BCUT2D eigenvalue weighted by Crippen LogP contribution is -2.28. The summed E-state index contributed by atoms with van der Waals surface area (Å²) in [5.41, 5.74) is -0.345. The Labute approximate surface area is 94.3 Å². The topological polar surface area (TPSA) is 46.2 Å². The Bertz CT molecular complexity index is 423. The van der Waals surface area contributed by atoms with Gasteiger partial charge in [0.1, 0.15) is 0 Å². The SMILES string of the molecule is CS(=O)CCNC(=O)c1cccc(F)c1F. The van der Waals surface area contributed by atoms with Gasteiger partial charge in [-0.25, -0.2) is 8.78 Å². The summed E-state index contributed by atoms with van der Waals surface area (Å²) in [6, 6.07) is 3.38. The van der Waals surface area contributed by atoms with Crippen LogP contribution in [0, 0.1) is 11.6 Å². The summed E-state index contributed by atoms with van der Waals surface area (Å²) in [5, 5.41) is 2.36. The first-order valence-corrected chi connectivity index (χ1v) is 6.27. The van der Waals surface area contributed by atoms with Gasteiger partial charge < -0.3 is 5.32 Å². The highest BCUT2D eigenvalue weighted by Gasteiger charge is 2.14. The number of rotatable bonds is 4. The van der Waals surface area contributed by atoms with Gasteiger partial charge in [0.2, 0.25) is 0 Å². The fourth-order valence-corrected chi connectivity index (χ4v) is 1.47. The molecule has 16 heavy (non-hydrogen) atoms. The third-order valence-corrected chi connectivity index (χ3v) is 2.65. The smallest absolute Gasteiger partial charge is 0.254 e. The van der Waals surface area contributed by atoms with E-state index in [-0.39, 0.29) is 17.9 Å². The molecule has 0 aliphatic heterocycles. The number of carbonyl (C=O) groups is 1. The normalized spacial score (nSPS) is 12.2. The summed E-state index contributed by atoms with van der Waals surface area (Å²) in [5.74, 6) is -2.66. The lowest BCUT2D eigenvalue weighted by molar-refractivity contribution is 0.0951. The molecule has 0 saturated heterocycles. The van der Waals surface area contributed by atoms with Crippen LogP contribution in [0.25, 0.3) is 0 Å². The molecule has 0 fully saturated rings. The predicted molar refractivity (Wildman–Crippen MR) is 57.6 cm³/mol. The minimum Gasteiger partial charge on any atom is -0.351 e. The molecule has 0 spiro atoms. The number of hydrogen-bond acceptors (Lipinski definition) is 2. The van der Waals surface area contributed by atoms with Crippen molar-refractivity contribution in [3.05, 3.63) is 35.4 Å². The maximum absolute atomic E-state index is 13.1. The van der Waals surface area contributed by atoms with Crippen LogP contribution in [-0.4, -0.2) is 28.7 Å². The van der Waals surface area contributed by atoms with E-state index in [1.807, 2.05) is 0 Å². The van der Waals surface area contributed by atoms with Gasteiger partial charge in [-0.1, -0.05) is 6.07 Å². The monoisotopic (exact) mass is 247 g/mol. The fraction of sp³-hybridized carbons (Fsp3) is 0.300. The maximum atomic E-state index is 13.1. The van der Waals surface area contributed by atoms with E-state index in [1.165, 1.54) is 18.4 Å². The van der Waals surface area contributed by atoms with E-state index in [0.717, 1.165) is 6.07 Å². The number of hydrogen-bond donors (Lipinski definition) is 1. The second-order valence-electron chi connectivity index (χ2n) is 3.13. The van der Waals surface area contributed by atoms with Crippen LogP contribution in [0.1, 0.15) is 10.4 Å². The van der Waals surface area contributed by atoms with Crippen molar-refractivity contribution in [3.8, 4) is 0 Å². The Balaban J connectivity index is 2.66. The molecule has 1 N–H and O–H groups in total. The van der Waals surface area contributed by atoms with Crippen molar-refractivity contribution in [2.45, 2.75) is 0 Å². The lowest BCUT2D eigenvalue weighted by Gasteiger charge is -2.05. The second-order valence-corrected chi connectivity index (χ2v) is 4.69. The van der Waals surface area contributed by atoms with Crippen LogP contribution >= 0.6 is 0 Å². The van der Waals surface area contributed by atoms with Crippen molar-refractivity contribution in [2.75, 3.05) is 18.6 Å². The zero-order chi connectivity index (χ0) is 12.1. The van der Waals surface area contributed by atoms with Gasteiger partial charge in [0.05, 0.1) is 5.56 Å². The van der Waals surface area contributed by atoms with E-state index >= 15 is 0 Å². The zero-order valence-corrected chi connectivity index (χ0v) is 9.44. The van der Waals surface area contributed by atoms with Crippen LogP contribution in [-0.2, 0) is 10.8 Å². The number of amides is 1. The molecule has 6 heteroatoms. The van der Waals surface area contributed by atoms with E-state index in [4.69, 9.17) is 0 Å². The third kappa shape index (κ3) is 3.37. The minimum absolute atomic E-state index is 0.165. The highest BCUT2D eigenvalue weighted by atomic mass is 32.2. The molecule has 0 aliphatic carbocycles. The molecule has 88 valence electrons. The second kappa shape index (κ2) is 5.69. The van der Waals surface area contributed by atoms with Crippen molar-refractivity contribution >= 4 is 16.7 Å². The van der Waals surface area contributed by atoms with Gasteiger partial charge in [-0.05, 0) is 12.1 Å². The van der Waals surface area contributed by atoms with Crippen LogP contribution in [0.5, 0.6) is 0 Å². The average molecular weight is 247 g/mol. The minimum atomic E-state index is -1.17. The summed E-state index contributed by atoms with van der Waals surface area (Å²) in [6.07, 6.45) is 1.49. The van der Waals surface area contributed by atoms with Gasteiger partial charge >= 0.3 is 0 Å². The number of nitrogens with one attached hydrogen (secondary N) is 1. The van der Waals surface area contributed by atoms with Crippen molar-refractivity contribution < 1.29 is 17.8 Å². The van der Waals surface area contributed by atoms with Gasteiger partial charge in [-0.2, -0.15) is 0 Å². The highest BCUT2D eigenvalue weighted by molar-refractivity contribution is 7.84. The molecule has 0 aliphatic rings. The largest absolute Gasteiger partial charge is 0.351 e. The molecule has 0 bridgehead atoms. The molecule has 1 atom stereocenters. The fourth-order valence-electron chi connectivity index (χ4n) is 1.08. The van der Waals surface area contributed by atoms with E-state index in [9.17, 15) is 17.8 Å². The van der Waals surface area contributed by atoms with Gasteiger partial charge in [0.25, 0.3) is 5.91 Å². The molecule has 0 saturated carbocycles. The van der Waals surface area contributed by atoms with E-state index < -0.39 is 28.3 Å². The molecule has 1 aromatic carbocycles. The Morgan fingerprint density at radius 2 is 2.12 bits per heavy atom. The van der Waals surface area contributed by atoms with Gasteiger partial charge in [0, 0.05) is 29.4 Å². The number of halogens is 2. The molecule has 0 radical (unpaired) electrons. The van der Waals surface area contributed by atoms with Crippen LogP contribution in [0.15, 0.2) is 18.2 Å². The number of carbonyl (C=O) groups excluding carboxylic acids is 1. The Hall–Kier alpha value is -1.30. The Kier molecular flexibility index (Phi) is 4.54. The van der Waals surface area contributed by atoms with Gasteiger partial charge in [0.15, 0.2) is 11.6 Å². The summed E-state index contributed by atoms with van der Waals surface area (Å²) in [7, 11) is -1.03. The zero-order valence-electron chi connectivity index (χ0n) is 8.63. The van der Waals surface area contributed by atoms with E-state index in [2.05, 4.69) is 5.32 Å². The first kappa shape index (κ1) is 12.8. The molecule has 1 rings (SSSR count). The van der Waals surface area contributed by atoms with Crippen molar-refractivity contribution in [2.24, 2.45) is 0 Å². The maximum Gasteiger partial charge on any atom is 0.254 e. The molecular formula is C10H11F2NO2S. The van der Waals surface area contributed by atoms with Crippen molar-refractivity contribution in [3.63, 3.8) is 0 Å². The first-order valence-electron chi connectivity index (χ1n) is 4.54. The number of benzene rings is 1. The molecule has 3 nitrogen and oxygen atoms in total. The molecule has 0 aromatic heterocycles. The van der Waals surface area contributed by atoms with Crippen molar-refractivity contribution in [1.82, 2.24) is 5.32 Å². The van der Waals surface area contributed by atoms with Crippen LogP contribution in [0.4, 0.5) is 8.78 Å². The summed E-state index contributed by atoms with van der Waals surface area (Å²) in [4.78, 5) is 11.4. The van der Waals surface area contributed by atoms with E-state index in [1.54, 1.807) is 0 Å². The van der Waals surface area contributed by atoms with Gasteiger partial charge in [-0.15, -0.1) is 0 Å². The van der Waals surface area contributed by atoms with Gasteiger partial charge in [-0.3, -0.25) is 9.00 Å². The molecule has 1 aromatic rings. The van der Waals surface area contributed by atoms with Crippen LogP contribution < -0.4 is 5.32 Å². The standard InChI is InChI=1S/C10H11F2NO2S/c1-16(15)6-5-13-10(14)7-3-2-4-8(11)9(7)12/h2-4H,5-6H2,1H3,(H,13,14). The van der Waals surface area contributed by atoms with E-state index in [0.29, 0.717) is 0 Å². The summed E-state index contributed by atoms with van der Waals surface area (Å²) >= 11 is 0. The first-order chi connectivity index (χ1) is 7.52. The average Bonchev–Trinajstić information content (AvgIpc) is 2.21. The Morgan fingerprint density at radius 1 is 1.44 bits per heavy atom. The summed E-state index contributed by atoms with van der Waals surface area (Å²) in [6.45, 7) is 0.165. The predicted octanol–water partition coefficient (Wildman–Crippen LogP) is 1.07. The van der Waals surface area contributed by atoms with Crippen LogP contribution in [0.2, 0.25) is 0 Å². The molecule has 1 unspecified atom stereocenters. The third-order valence-electron chi connectivity index (χ3n) is 1.87. The summed E-state index contributed by atoms with van der Waals surface area (Å²) < 4.78 is 36.6. The quantitative estimate of drug-likeness (QED) is 0.865. The highest BCUT2D eigenvalue weighted by Crippen LogP contribution is 2.10. The molecule has 1 amide bonds. The Morgan fingerprint density at radius 3 is 2.75 bits per heavy atom.